The fourth-order valence-electron chi connectivity index (χ4n) is 2.88. The summed E-state index contributed by atoms with van der Waals surface area (Å²) >= 11 is 7.51. The second kappa shape index (κ2) is 9.07. The van der Waals surface area contributed by atoms with E-state index >= 15 is 0 Å². The maximum absolute atomic E-state index is 12.5. The lowest BCUT2D eigenvalue weighted by Crippen LogP contribution is -2.13. The Hall–Kier alpha value is -3.55. The number of hydrogen-bond donors (Lipinski definition) is 2. The Morgan fingerprint density at radius 3 is 2.35 bits per heavy atom. The number of thiazole rings is 1. The van der Waals surface area contributed by atoms with E-state index in [0.29, 0.717) is 22.1 Å². The molecule has 2 heterocycles. The molecule has 0 spiro atoms. The van der Waals surface area contributed by atoms with E-state index in [-0.39, 0.29) is 11.8 Å². The molecule has 0 unspecified atom stereocenters. The quantitative estimate of drug-likeness (QED) is 0.408. The average Bonchev–Trinajstić information content (AvgIpc) is 3.25. The highest BCUT2D eigenvalue weighted by molar-refractivity contribution is 7.13. The van der Waals surface area contributed by atoms with Crippen molar-refractivity contribution in [2.24, 2.45) is 0 Å². The molecule has 6 nitrogen and oxygen atoms in total. The molecule has 0 aliphatic rings. The summed E-state index contributed by atoms with van der Waals surface area (Å²) in [5.41, 5.74) is 3.88. The van der Waals surface area contributed by atoms with Crippen molar-refractivity contribution in [1.29, 1.82) is 0 Å². The molecule has 2 N–H and O–H groups in total. The minimum atomic E-state index is -0.291. The summed E-state index contributed by atoms with van der Waals surface area (Å²) in [5, 5.41) is 9.01. The van der Waals surface area contributed by atoms with Gasteiger partial charge in [0, 0.05) is 45.9 Å². The maximum atomic E-state index is 12.5. The Morgan fingerprint density at radius 2 is 1.65 bits per heavy atom. The van der Waals surface area contributed by atoms with Crippen molar-refractivity contribution in [3.63, 3.8) is 0 Å². The molecule has 2 amide bonds. The van der Waals surface area contributed by atoms with Gasteiger partial charge in [0.05, 0.1) is 5.69 Å². The van der Waals surface area contributed by atoms with Crippen molar-refractivity contribution >= 4 is 46.3 Å². The number of aromatic nitrogens is 2. The first-order chi connectivity index (χ1) is 15.0. The van der Waals surface area contributed by atoms with Gasteiger partial charge >= 0.3 is 0 Å². The van der Waals surface area contributed by atoms with Crippen LogP contribution < -0.4 is 10.6 Å². The molecule has 0 atom stereocenters. The number of benzene rings is 2. The zero-order valence-electron chi connectivity index (χ0n) is 16.4. The lowest BCUT2D eigenvalue weighted by atomic mass is 10.1. The van der Waals surface area contributed by atoms with E-state index in [1.807, 2.05) is 53.9 Å². The number of pyridine rings is 1. The first-order valence-electron chi connectivity index (χ1n) is 9.35. The molecule has 2 aromatic heterocycles. The van der Waals surface area contributed by atoms with Crippen molar-refractivity contribution in [1.82, 2.24) is 9.97 Å². The van der Waals surface area contributed by atoms with Crippen LogP contribution in [0.4, 0.5) is 11.5 Å². The largest absolute Gasteiger partial charge is 0.322 e. The van der Waals surface area contributed by atoms with E-state index < -0.39 is 0 Å². The SMILES string of the molecule is CC(=O)Nc1cc(C(=O)Nc2ccc(-c3csc(-c4ccc(Cl)cc4)n3)cc2)ccn1. The van der Waals surface area contributed by atoms with E-state index in [2.05, 4.69) is 15.6 Å². The van der Waals surface area contributed by atoms with Crippen LogP contribution in [0.15, 0.2) is 72.2 Å². The summed E-state index contributed by atoms with van der Waals surface area (Å²) in [5.74, 6) is -0.210. The van der Waals surface area contributed by atoms with Crippen molar-refractivity contribution < 1.29 is 9.59 Å². The molecule has 2 aromatic carbocycles. The third kappa shape index (κ3) is 5.14. The van der Waals surface area contributed by atoms with Crippen LogP contribution in [0, 0.1) is 0 Å². The normalized spacial score (nSPS) is 10.5. The van der Waals surface area contributed by atoms with Gasteiger partial charge in [0.25, 0.3) is 5.91 Å². The van der Waals surface area contributed by atoms with Crippen LogP contribution in [0.2, 0.25) is 5.02 Å². The first kappa shape index (κ1) is 20.7. The Labute approximate surface area is 188 Å². The number of nitrogens with one attached hydrogen (secondary N) is 2. The minimum absolute atomic E-state index is 0.248. The minimum Gasteiger partial charge on any atom is -0.322 e. The van der Waals surface area contributed by atoms with E-state index in [0.717, 1.165) is 21.8 Å². The number of nitrogens with zero attached hydrogens (tertiary/aromatic N) is 2. The van der Waals surface area contributed by atoms with Crippen LogP contribution in [0.3, 0.4) is 0 Å². The number of halogens is 1. The average molecular weight is 449 g/mol. The van der Waals surface area contributed by atoms with Crippen molar-refractivity contribution in [2.45, 2.75) is 6.92 Å². The molecular weight excluding hydrogens is 432 g/mol. The lowest BCUT2D eigenvalue weighted by molar-refractivity contribution is -0.114. The van der Waals surface area contributed by atoms with Gasteiger partial charge < -0.3 is 10.6 Å². The van der Waals surface area contributed by atoms with Gasteiger partial charge in [-0.15, -0.1) is 11.3 Å². The topological polar surface area (TPSA) is 84.0 Å². The van der Waals surface area contributed by atoms with Crippen molar-refractivity contribution in [2.75, 3.05) is 10.6 Å². The Balaban J connectivity index is 1.46. The molecule has 0 saturated carbocycles. The highest BCUT2D eigenvalue weighted by Crippen LogP contribution is 2.30. The monoisotopic (exact) mass is 448 g/mol. The van der Waals surface area contributed by atoms with Gasteiger partial charge in [0.2, 0.25) is 5.91 Å². The lowest BCUT2D eigenvalue weighted by Gasteiger charge is -2.07. The molecule has 8 heteroatoms. The highest BCUT2D eigenvalue weighted by Gasteiger charge is 2.10. The number of carbonyl (C=O) groups excluding carboxylic acids is 2. The van der Waals surface area contributed by atoms with Gasteiger partial charge in [-0.1, -0.05) is 35.9 Å². The molecule has 0 bridgehead atoms. The summed E-state index contributed by atoms with van der Waals surface area (Å²) in [6.07, 6.45) is 1.48. The van der Waals surface area contributed by atoms with Gasteiger partial charge in [-0.25, -0.2) is 9.97 Å². The molecule has 4 rings (SSSR count). The first-order valence-corrected chi connectivity index (χ1v) is 10.6. The van der Waals surface area contributed by atoms with Crippen LogP contribution in [0.25, 0.3) is 21.8 Å². The molecule has 4 aromatic rings. The summed E-state index contributed by atoms with van der Waals surface area (Å²) in [6.45, 7) is 1.39. The Morgan fingerprint density at radius 1 is 0.935 bits per heavy atom. The van der Waals surface area contributed by atoms with E-state index in [1.165, 1.54) is 19.2 Å². The van der Waals surface area contributed by atoms with E-state index in [9.17, 15) is 9.59 Å². The summed E-state index contributed by atoms with van der Waals surface area (Å²) in [6, 6.07) is 18.2. The Bertz CT molecular complexity index is 1240. The van der Waals surface area contributed by atoms with Gasteiger partial charge in [-0.3, -0.25) is 9.59 Å². The van der Waals surface area contributed by atoms with Gasteiger partial charge in [-0.2, -0.15) is 0 Å². The third-order valence-electron chi connectivity index (χ3n) is 4.36. The van der Waals surface area contributed by atoms with E-state index in [4.69, 9.17) is 16.6 Å². The van der Waals surface area contributed by atoms with Crippen LogP contribution in [-0.4, -0.2) is 21.8 Å². The number of hydrogen-bond acceptors (Lipinski definition) is 5. The molecule has 0 aliphatic carbocycles. The summed E-state index contributed by atoms with van der Waals surface area (Å²) in [4.78, 5) is 32.4. The predicted molar refractivity (Wildman–Crippen MR) is 124 cm³/mol. The van der Waals surface area contributed by atoms with Crippen LogP contribution in [-0.2, 0) is 4.79 Å². The molecule has 0 radical (unpaired) electrons. The van der Waals surface area contributed by atoms with Crippen LogP contribution in [0.1, 0.15) is 17.3 Å². The Kier molecular flexibility index (Phi) is 6.06. The predicted octanol–water partition coefficient (Wildman–Crippen LogP) is 5.74. The highest BCUT2D eigenvalue weighted by atomic mass is 35.5. The summed E-state index contributed by atoms with van der Waals surface area (Å²) in [7, 11) is 0. The maximum Gasteiger partial charge on any atom is 0.255 e. The zero-order chi connectivity index (χ0) is 21.8. The fourth-order valence-corrected chi connectivity index (χ4v) is 3.84. The molecule has 0 aliphatic heterocycles. The third-order valence-corrected chi connectivity index (χ3v) is 5.50. The van der Waals surface area contributed by atoms with Crippen LogP contribution in [0.5, 0.6) is 0 Å². The number of anilines is 2. The molecular formula is C23H17ClN4O2S. The molecule has 0 saturated heterocycles. The van der Waals surface area contributed by atoms with Crippen LogP contribution >= 0.6 is 22.9 Å². The molecule has 31 heavy (non-hydrogen) atoms. The van der Waals surface area contributed by atoms with Gasteiger partial charge in [0.1, 0.15) is 10.8 Å². The second-order valence-electron chi connectivity index (χ2n) is 6.69. The smallest absolute Gasteiger partial charge is 0.255 e. The number of amides is 2. The van der Waals surface area contributed by atoms with Gasteiger partial charge in [0.15, 0.2) is 0 Å². The van der Waals surface area contributed by atoms with Crippen molar-refractivity contribution in [3.8, 4) is 21.8 Å². The number of rotatable bonds is 5. The standard InChI is InChI=1S/C23H17ClN4O2S/c1-14(29)26-21-12-17(10-11-25-21)22(30)27-19-8-4-15(5-9-19)20-13-31-23(28-20)16-2-6-18(24)7-3-16/h2-13H,1H3,(H,27,30)(H,25,26,29). The number of carbonyl (C=O) groups is 2. The molecule has 154 valence electrons. The van der Waals surface area contributed by atoms with Gasteiger partial charge in [-0.05, 0) is 36.4 Å². The summed E-state index contributed by atoms with van der Waals surface area (Å²) < 4.78 is 0. The van der Waals surface area contributed by atoms with E-state index in [1.54, 1.807) is 17.4 Å². The second-order valence-corrected chi connectivity index (χ2v) is 7.98. The van der Waals surface area contributed by atoms with Crippen molar-refractivity contribution in [3.05, 3.63) is 82.8 Å². The zero-order valence-corrected chi connectivity index (χ0v) is 18.0. The fraction of sp³-hybridized carbons (Fsp3) is 0.0435. The molecule has 0 fully saturated rings.